The van der Waals surface area contributed by atoms with Crippen LogP contribution < -0.4 is 4.90 Å². The first-order valence-corrected chi connectivity index (χ1v) is 14.2. The van der Waals surface area contributed by atoms with Crippen LogP contribution in [0.2, 0.25) is 0 Å². The van der Waals surface area contributed by atoms with Gasteiger partial charge in [-0.1, -0.05) is 84.9 Å². The fourth-order valence-corrected chi connectivity index (χ4v) is 6.43. The van der Waals surface area contributed by atoms with Crippen LogP contribution in [0.1, 0.15) is 35.7 Å². The molecule has 0 spiro atoms. The molecule has 3 aliphatic heterocycles. The predicted octanol–water partition coefficient (Wildman–Crippen LogP) is 8.73. The lowest BCUT2D eigenvalue weighted by molar-refractivity contribution is 0.667. The lowest BCUT2D eigenvalue weighted by Gasteiger charge is -2.28. The molecule has 0 N–H and O–H groups in total. The van der Waals surface area contributed by atoms with Gasteiger partial charge in [-0.05, 0) is 70.7 Å². The highest BCUT2D eigenvalue weighted by Gasteiger charge is 2.38. The molecule has 0 radical (unpaired) electrons. The van der Waals surface area contributed by atoms with Gasteiger partial charge in [-0.2, -0.15) is 0 Å². The van der Waals surface area contributed by atoms with E-state index in [1.807, 2.05) is 18.6 Å². The summed E-state index contributed by atoms with van der Waals surface area (Å²) in [6, 6.07) is 37.0. The first kappa shape index (κ1) is 23.8. The van der Waals surface area contributed by atoms with Crippen LogP contribution in [0.5, 0.6) is 0 Å². The molecule has 5 aromatic rings. The van der Waals surface area contributed by atoms with E-state index < -0.39 is 0 Å². The first-order chi connectivity index (χ1) is 20.3. The van der Waals surface area contributed by atoms with Crippen molar-refractivity contribution >= 4 is 39.6 Å². The van der Waals surface area contributed by atoms with Crippen molar-refractivity contribution in [3.8, 4) is 11.1 Å². The smallest absolute Gasteiger partial charge is 0.101 e. The van der Waals surface area contributed by atoms with Gasteiger partial charge in [0.05, 0.1) is 17.4 Å². The van der Waals surface area contributed by atoms with Crippen molar-refractivity contribution < 1.29 is 0 Å². The number of hydrogen-bond acceptors (Lipinski definition) is 4. The molecule has 2 atom stereocenters. The number of aromatic nitrogens is 1. The second kappa shape index (κ2) is 9.83. The molecule has 0 aliphatic carbocycles. The molecule has 4 nitrogen and oxygen atoms in total. The molecule has 0 fully saturated rings. The normalized spacial score (nSPS) is 19.1. The zero-order valence-corrected chi connectivity index (χ0v) is 22.6. The summed E-state index contributed by atoms with van der Waals surface area (Å²) >= 11 is 0. The van der Waals surface area contributed by atoms with Crippen LogP contribution in [0, 0.1) is 0 Å². The van der Waals surface area contributed by atoms with Crippen molar-refractivity contribution in [2.24, 2.45) is 9.98 Å². The minimum atomic E-state index is 0.139. The Morgan fingerprint density at radius 2 is 1.63 bits per heavy atom. The standard InChI is InChI=1S/C37H28N4/c1-2-12-30-25(8-1)9-6-14-31(30)28-18-20-34(40-24-28)33-19-17-27(23-39-33)26-10-5-11-29(22-26)41-35-15-4-3-13-32(35)37-36(41)16-7-21-38-37/h1-16,18,20-24,36-37H,17,19H2. The van der Waals surface area contributed by atoms with Crippen LogP contribution in [-0.4, -0.2) is 23.0 Å². The number of para-hydroxylation sites is 1. The third-order valence-corrected chi connectivity index (χ3v) is 8.44. The Labute approximate surface area is 239 Å². The van der Waals surface area contributed by atoms with Gasteiger partial charge in [0, 0.05) is 41.1 Å². The van der Waals surface area contributed by atoms with Crippen molar-refractivity contribution in [1.82, 2.24) is 4.98 Å². The van der Waals surface area contributed by atoms with E-state index in [4.69, 9.17) is 15.0 Å². The third kappa shape index (κ3) is 4.11. The van der Waals surface area contributed by atoms with Crippen LogP contribution in [0.4, 0.5) is 11.4 Å². The summed E-state index contributed by atoms with van der Waals surface area (Å²) in [6.07, 6.45) is 12.1. The molecule has 2 unspecified atom stereocenters. The molecule has 8 rings (SSSR count). The van der Waals surface area contributed by atoms with E-state index in [2.05, 4.69) is 120 Å². The summed E-state index contributed by atoms with van der Waals surface area (Å²) in [4.78, 5) is 16.9. The lowest BCUT2D eigenvalue weighted by atomic mass is 9.96. The second-order valence-corrected chi connectivity index (χ2v) is 10.8. The fraction of sp³-hybridized carbons (Fsp3) is 0.108. The Morgan fingerprint density at radius 1 is 0.756 bits per heavy atom. The van der Waals surface area contributed by atoms with E-state index in [1.165, 1.54) is 44.4 Å². The van der Waals surface area contributed by atoms with Crippen molar-refractivity contribution in [2.75, 3.05) is 4.90 Å². The van der Waals surface area contributed by atoms with Crippen molar-refractivity contribution in [3.05, 3.63) is 144 Å². The minimum Gasteiger partial charge on any atom is -0.332 e. The van der Waals surface area contributed by atoms with Gasteiger partial charge in [0.15, 0.2) is 0 Å². The summed E-state index contributed by atoms with van der Waals surface area (Å²) < 4.78 is 0. The zero-order chi connectivity index (χ0) is 27.2. The van der Waals surface area contributed by atoms with Gasteiger partial charge in [0.25, 0.3) is 0 Å². The van der Waals surface area contributed by atoms with Crippen molar-refractivity contribution in [2.45, 2.75) is 24.9 Å². The van der Waals surface area contributed by atoms with Crippen LogP contribution in [0.3, 0.4) is 0 Å². The first-order valence-electron chi connectivity index (χ1n) is 14.2. The van der Waals surface area contributed by atoms with E-state index in [0.29, 0.717) is 0 Å². The van der Waals surface area contributed by atoms with Crippen LogP contribution >= 0.6 is 0 Å². The molecule has 196 valence electrons. The second-order valence-electron chi connectivity index (χ2n) is 10.8. The number of allylic oxidation sites excluding steroid dienone is 2. The van der Waals surface area contributed by atoms with E-state index >= 15 is 0 Å². The molecule has 1 aromatic heterocycles. The Balaban J connectivity index is 1.07. The molecule has 41 heavy (non-hydrogen) atoms. The maximum Gasteiger partial charge on any atom is 0.101 e. The number of aliphatic imine (C=N–C) groups is 2. The molecule has 4 aromatic carbocycles. The van der Waals surface area contributed by atoms with Crippen molar-refractivity contribution in [3.63, 3.8) is 0 Å². The highest BCUT2D eigenvalue weighted by atomic mass is 15.2. The minimum absolute atomic E-state index is 0.139. The number of hydrogen-bond donors (Lipinski definition) is 0. The van der Waals surface area contributed by atoms with Crippen LogP contribution in [0.15, 0.2) is 138 Å². The SMILES string of the molecule is C1=CC2C(N=C1)c1ccccc1N2c1cccc(C2=CN=C(c3ccc(-c4cccc5ccccc45)cn3)CC2)c1. The number of benzene rings is 4. The van der Waals surface area contributed by atoms with E-state index in [1.54, 1.807) is 0 Å². The van der Waals surface area contributed by atoms with E-state index in [9.17, 15) is 0 Å². The van der Waals surface area contributed by atoms with Gasteiger partial charge in [0.2, 0.25) is 0 Å². The van der Waals surface area contributed by atoms with Gasteiger partial charge in [-0.3, -0.25) is 15.0 Å². The highest BCUT2D eigenvalue weighted by molar-refractivity contribution is 6.02. The molecule has 0 amide bonds. The highest BCUT2D eigenvalue weighted by Crippen LogP contribution is 2.47. The summed E-state index contributed by atoms with van der Waals surface area (Å²) in [6.45, 7) is 0. The van der Waals surface area contributed by atoms with Crippen molar-refractivity contribution in [1.29, 1.82) is 0 Å². The molecule has 3 aliphatic rings. The maximum absolute atomic E-state index is 4.89. The van der Waals surface area contributed by atoms with Gasteiger partial charge >= 0.3 is 0 Å². The molecule has 4 heteroatoms. The lowest BCUT2D eigenvalue weighted by Crippen LogP contribution is -2.28. The number of nitrogens with zero attached hydrogens (tertiary/aromatic N) is 4. The maximum atomic E-state index is 4.89. The number of fused-ring (bicyclic) bond motifs is 4. The zero-order valence-electron chi connectivity index (χ0n) is 22.6. The Morgan fingerprint density at radius 3 is 2.54 bits per heavy atom. The van der Waals surface area contributed by atoms with Crippen LogP contribution in [0.25, 0.3) is 27.5 Å². The number of dihydropyridines is 1. The Bertz CT molecular complexity index is 1910. The van der Waals surface area contributed by atoms with Gasteiger partial charge in [-0.15, -0.1) is 0 Å². The largest absolute Gasteiger partial charge is 0.332 e. The predicted molar refractivity (Wildman–Crippen MR) is 170 cm³/mol. The quantitative estimate of drug-likeness (QED) is 0.234. The molecule has 0 bridgehead atoms. The third-order valence-electron chi connectivity index (χ3n) is 8.44. The number of rotatable bonds is 4. The van der Waals surface area contributed by atoms with Gasteiger partial charge < -0.3 is 4.90 Å². The topological polar surface area (TPSA) is 40.9 Å². The molecular formula is C37H28N4. The van der Waals surface area contributed by atoms with Gasteiger partial charge in [-0.25, -0.2) is 0 Å². The van der Waals surface area contributed by atoms with E-state index in [-0.39, 0.29) is 12.1 Å². The fourth-order valence-electron chi connectivity index (χ4n) is 6.43. The number of anilines is 2. The summed E-state index contributed by atoms with van der Waals surface area (Å²) in [5, 5.41) is 2.49. The molecular weight excluding hydrogens is 500 g/mol. The average molecular weight is 529 g/mol. The molecule has 0 saturated heterocycles. The molecule has 4 heterocycles. The Hall–Kier alpha value is -5.09. The summed E-state index contributed by atoms with van der Waals surface area (Å²) in [7, 11) is 0. The van der Waals surface area contributed by atoms with Gasteiger partial charge in [0.1, 0.15) is 6.04 Å². The van der Waals surface area contributed by atoms with E-state index in [0.717, 1.165) is 29.8 Å². The Kier molecular flexibility index (Phi) is 5.70. The summed E-state index contributed by atoms with van der Waals surface area (Å²) in [5.41, 5.74) is 10.5. The average Bonchev–Trinajstić information content (AvgIpc) is 3.39. The molecule has 0 saturated carbocycles. The monoisotopic (exact) mass is 528 g/mol. The van der Waals surface area contributed by atoms with Crippen LogP contribution in [-0.2, 0) is 0 Å². The number of pyridine rings is 1. The summed E-state index contributed by atoms with van der Waals surface area (Å²) in [5.74, 6) is 0.